The van der Waals surface area contributed by atoms with Crippen LogP contribution in [0, 0.1) is 5.82 Å². The summed E-state index contributed by atoms with van der Waals surface area (Å²) in [5.41, 5.74) is 0.926. The van der Waals surface area contributed by atoms with Crippen molar-refractivity contribution in [3.05, 3.63) is 35.6 Å². The molecule has 0 aromatic heterocycles. The number of carbonyl (C=O) groups excluding carboxylic acids is 2. The van der Waals surface area contributed by atoms with Crippen molar-refractivity contribution in [2.75, 3.05) is 20.1 Å². The van der Waals surface area contributed by atoms with Crippen molar-refractivity contribution in [1.82, 2.24) is 15.1 Å². The highest BCUT2D eigenvalue weighted by molar-refractivity contribution is 8.01. The average Bonchev–Trinajstić information content (AvgIpc) is 2.83. The first-order valence-electron chi connectivity index (χ1n) is 8.52. The van der Waals surface area contributed by atoms with Crippen LogP contribution >= 0.6 is 11.8 Å². The summed E-state index contributed by atoms with van der Waals surface area (Å²) < 4.78 is 13.2. The number of urea groups is 1. The number of rotatable bonds is 6. The van der Waals surface area contributed by atoms with E-state index in [1.807, 2.05) is 25.7 Å². The number of carbonyl (C=O) groups is 2. The Morgan fingerprint density at radius 3 is 2.60 bits per heavy atom. The number of hydrogen-bond acceptors (Lipinski definition) is 3. The molecule has 25 heavy (non-hydrogen) atoms. The fraction of sp³-hybridized carbons (Fsp3) is 0.556. The maximum atomic E-state index is 13.2. The minimum atomic E-state index is -0.282. The van der Waals surface area contributed by atoms with E-state index in [0.29, 0.717) is 19.5 Å². The fourth-order valence-electron chi connectivity index (χ4n) is 2.72. The van der Waals surface area contributed by atoms with Gasteiger partial charge in [-0.2, -0.15) is 0 Å². The molecule has 5 nitrogen and oxygen atoms in total. The zero-order valence-electron chi connectivity index (χ0n) is 15.2. The summed E-state index contributed by atoms with van der Waals surface area (Å²) in [5, 5.41) is 2.63. The van der Waals surface area contributed by atoms with Gasteiger partial charge in [-0.1, -0.05) is 12.1 Å². The van der Waals surface area contributed by atoms with E-state index >= 15 is 0 Å². The zero-order valence-corrected chi connectivity index (χ0v) is 16.0. The Morgan fingerprint density at radius 1 is 1.36 bits per heavy atom. The summed E-state index contributed by atoms with van der Waals surface area (Å²) in [7, 11) is 1.75. The van der Waals surface area contributed by atoms with Gasteiger partial charge >= 0.3 is 6.03 Å². The normalized spacial score (nSPS) is 20.2. The number of amides is 3. The second-order valence-corrected chi connectivity index (χ2v) is 8.02. The van der Waals surface area contributed by atoms with E-state index in [1.165, 1.54) is 12.1 Å². The monoisotopic (exact) mass is 367 g/mol. The molecule has 1 aromatic rings. The molecule has 0 radical (unpaired) electrons. The van der Waals surface area contributed by atoms with Crippen LogP contribution in [0.2, 0.25) is 0 Å². The van der Waals surface area contributed by atoms with Gasteiger partial charge in [0.15, 0.2) is 0 Å². The van der Waals surface area contributed by atoms with Gasteiger partial charge in [-0.15, -0.1) is 11.8 Å². The van der Waals surface area contributed by atoms with Crippen molar-refractivity contribution in [2.45, 2.75) is 43.9 Å². The molecular formula is C18H26FN3O2S. The van der Waals surface area contributed by atoms with E-state index in [0.717, 1.165) is 5.56 Å². The summed E-state index contributed by atoms with van der Waals surface area (Å²) in [6.45, 7) is 6.86. The second kappa shape index (κ2) is 8.56. The Morgan fingerprint density at radius 2 is 2.00 bits per heavy atom. The fourth-order valence-corrected chi connectivity index (χ4v) is 4.03. The molecule has 2 rings (SSSR count). The quantitative estimate of drug-likeness (QED) is 0.840. The first-order chi connectivity index (χ1) is 11.8. The van der Waals surface area contributed by atoms with Crippen LogP contribution in [0.4, 0.5) is 9.18 Å². The summed E-state index contributed by atoms with van der Waals surface area (Å²) in [6, 6.07) is 6.29. The molecule has 1 aromatic carbocycles. The van der Waals surface area contributed by atoms with Gasteiger partial charge in [-0.3, -0.25) is 4.79 Å². The van der Waals surface area contributed by atoms with Crippen LogP contribution < -0.4 is 5.32 Å². The van der Waals surface area contributed by atoms with Gasteiger partial charge in [0.05, 0.1) is 5.25 Å². The molecule has 2 atom stereocenters. The highest BCUT2D eigenvalue weighted by atomic mass is 32.2. The molecule has 1 heterocycles. The maximum Gasteiger partial charge on any atom is 0.317 e. The van der Waals surface area contributed by atoms with Crippen LogP contribution in [0.5, 0.6) is 0 Å². The molecule has 0 saturated carbocycles. The lowest BCUT2D eigenvalue weighted by Crippen LogP contribution is -2.42. The van der Waals surface area contributed by atoms with E-state index in [2.05, 4.69) is 5.32 Å². The van der Waals surface area contributed by atoms with Gasteiger partial charge in [-0.05, 0) is 44.9 Å². The van der Waals surface area contributed by atoms with E-state index in [-0.39, 0.29) is 34.4 Å². The summed E-state index contributed by atoms with van der Waals surface area (Å²) in [5.74, 6) is -0.191. The Labute approximate surface area is 152 Å². The molecule has 0 spiro atoms. The predicted molar refractivity (Wildman–Crippen MR) is 98.8 cm³/mol. The lowest BCUT2D eigenvalue weighted by Gasteiger charge is -2.26. The molecule has 0 unspecified atom stereocenters. The Hall–Kier alpha value is -1.76. The van der Waals surface area contributed by atoms with Crippen molar-refractivity contribution in [3.63, 3.8) is 0 Å². The van der Waals surface area contributed by atoms with Gasteiger partial charge in [0.1, 0.15) is 11.2 Å². The smallest absolute Gasteiger partial charge is 0.317 e. The van der Waals surface area contributed by atoms with Crippen LogP contribution in [-0.2, 0) is 4.79 Å². The van der Waals surface area contributed by atoms with E-state index in [4.69, 9.17) is 0 Å². The van der Waals surface area contributed by atoms with Gasteiger partial charge < -0.3 is 15.1 Å². The van der Waals surface area contributed by atoms with Crippen molar-refractivity contribution in [1.29, 1.82) is 0 Å². The first-order valence-corrected chi connectivity index (χ1v) is 9.47. The van der Waals surface area contributed by atoms with Gasteiger partial charge in [-0.25, -0.2) is 9.18 Å². The molecule has 7 heteroatoms. The average molecular weight is 367 g/mol. The molecule has 1 N–H and O–H groups in total. The summed E-state index contributed by atoms with van der Waals surface area (Å²) in [4.78, 5) is 27.8. The van der Waals surface area contributed by atoms with Crippen LogP contribution in [-0.4, -0.2) is 53.2 Å². The van der Waals surface area contributed by atoms with Crippen molar-refractivity contribution in [2.24, 2.45) is 0 Å². The standard InChI is InChI=1S/C18H26FN3O2S/c1-12(2)20-18(24)21(4)10-5-11-22-16(23)13(3)25-17(22)14-6-8-15(19)9-7-14/h6-9,12-13,17H,5,10-11H2,1-4H3,(H,20,24)/t13-,17+/m0/s1. The molecule has 1 aliphatic rings. The molecule has 3 amide bonds. The summed E-state index contributed by atoms with van der Waals surface area (Å²) >= 11 is 1.58. The number of benzene rings is 1. The first kappa shape index (κ1) is 19.6. The summed E-state index contributed by atoms with van der Waals surface area (Å²) in [6.07, 6.45) is 0.693. The molecule has 138 valence electrons. The van der Waals surface area contributed by atoms with E-state index < -0.39 is 0 Å². The lowest BCUT2D eigenvalue weighted by atomic mass is 10.2. The zero-order chi connectivity index (χ0) is 18.6. The second-order valence-electron chi connectivity index (χ2n) is 6.59. The molecule has 1 fully saturated rings. The van der Waals surface area contributed by atoms with Crippen molar-refractivity contribution >= 4 is 23.7 Å². The van der Waals surface area contributed by atoms with Crippen LogP contribution in [0.15, 0.2) is 24.3 Å². The number of nitrogens with zero attached hydrogens (tertiary/aromatic N) is 2. The highest BCUT2D eigenvalue weighted by Crippen LogP contribution is 2.42. The number of halogens is 1. The van der Waals surface area contributed by atoms with E-state index in [9.17, 15) is 14.0 Å². The van der Waals surface area contributed by atoms with Crippen molar-refractivity contribution in [3.8, 4) is 0 Å². The SMILES string of the molecule is CC(C)NC(=O)N(C)CCCN1C(=O)[C@H](C)S[C@@H]1c1ccc(F)cc1. The molecule has 0 bridgehead atoms. The minimum Gasteiger partial charge on any atom is -0.336 e. The Bertz CT molecular complexity index is 609. The van der Waals surface area contributed by atoms with Crippen LogP contribution in [0.1, 0.15) is 38.1 Å². The van der Waals surface area contributed by atoms with Gasteiger partial charge in [0, 0.05) is 26.2 Å². The highest BCUT2D eigenvalue weighted by Gasteiger charge is 2.38. The lowest BCUT2D eigenvalue weighted by molar-refractivity contribution is -0.129. The maximum absolute atomic E-state index is 13.2. The number of hydrogen-bond donors (Lipinski definition) is 1. The third-order valence-electron chi connectivity index (χ3n) is 4.05. The predicted octanol–water partition coefficient (Wildman–Crippen LogP) is 3.23. The van der Waals surface area contributed by atoms with Crippen LogP contribution in [0.25, 0.3) is 0 Å². The molecule has 1 aliphatic heterocycles. The third-order valence-corrected chi connectivity index (χ3v) is 5.45. The van der Waals surface area contributed by atoms with Gasteiger partial charge in [0.2, 0.25) is 5.91 Å². The molecule has 1 saturated heterocycles. The van der Waals surface area contributed by atoms with Crippen LogP contribution in [0.3, 0.4) is 0 Å². The topological polar surface area (TPSA) is 52.7 Å². The molecular weight excluding hydrogens is 341 g/mol. The number of thioether (sulfide) groups is 1. The molecule has 0 aliphatic carbocycles. The van der Waals surface area contributed by atoms with Gasteiger partial charge in [0.25, 0.3) is 0 Å². The Balaban J connectivity index is 1.95. The minimum absolute atomic E-state index is 0.0913. The largest absolute Gasteiger partial charge is 0.336 e. The van der Waals surface area contributed by atoms with E-state index in [1.54, 1.807) is 35.8 Å². The third kappa shape index (κ3) is 5.11. The Kier molecular flexibility index (Phi) is 6.70. The van der Waals surface area contributed by atoms with Crippen molar-refractivity contribution < 1.29 is 14.0 Å². The number of nitrogens with one attached hydrogen (secondary N) is 1.